The van der Waals surface area contributed by atoms with Crippen LogP contribution in [0.25, 0.3) is 0 Å². The fraction of sp³-hybridized carbons (Fsp3) is 0.619. The van der Waals surface area contributed by atoms with Crippen molar-refractivity contribution < 1.29 is 22.7 Å². The summed E-state index contributed by atoms with van der Waals surface area (Å²) in [5.74, 6) is 1.01. The van der Waals surface area contributed by atoms with Gasteiger partial charge in [0.2, 0.25) is 10.0 Å². The first kappa shape index (κ1) is 20.3. The molecule has 2 saturated carbocycles. The Morgan fingerprint density at radius 2 is 1.93 bits per heavy atom. The van der Waals surface area contributed by atoms with Crippen LogP contribution >= 0.6 is 0 Å². The summed E-state index contributed by atoms with van der Waals surface area (Å²) < 4.78 is 31.9. The van der Waals surface area contributed by atoms with Crippen molar-refractivity contribution in [3.05, 3.63) is 24.3 Å². The van der Waals surface area contributed by atoms with Gasteiger partial charge in [-0.3, -0.25) is 9.59 Å². The summed E-state index contributed by atoms with van der Waals surface area (Å²) >= 11 is 0. The van der Waals surface area contributed by atoms with Crippen LogP contribution in [0.1, 0.15) is 44.9 Å². The van der Waals surface area contributed by atoms with Crippen LogP contribution in [0.4, 0.5) is 5.69 Å². The standard InChI is InChI=1S/C21H28N2O5S/c24-20(14-28-21(25)12-17-11-15-6-7-16(17)10-15)22-18-4-3-5-19(13-18)29(26,27)23-8-1-2-9-23/h3-5,13,15-17H,1-2,6-12,14H2,(H,22,24)/t15-,16+,17+/m0/s1. The minimum Gasteiger partial charge on any atom is -0.456 e. The van der Waals surface area contributed by atoms with Gasteiger partial charge in [0.05, 0.1) is 4.90 Å². The Balaban J connectivity index is 1.28. The Morgan fingerprint density at radius 3 is 2.62 bits per heavy atom. The molecule has 0 radical (unpaired) electrons. The van der Waals surface area contributed by atoms with E-state index in [9.17, 15) is 18.0 Å². The molecule has 0 spiro atoms. The van der Waals surface area contributed by atoms with Gasteiger partial charge in [0.1, 0.15) is 0 Å². The average Bonchev–Trinajstić information content (AvgIpc) is 3.45. The second-order valence-corrected chi connectivity index (χ2v) is 10.4. The van der Waals surface area contributed by atoms with E-state index in [1.165, 1.54) is 35.7 Å². The lowest BCUT2D eigenvalue weighted by Gasteiger charge is -2.20. The van der Waals surface area contributed by atoms with Gasteiger partial charge in [0, 0.05) is 25.2 Å². The fourth-order valence-corrected chi connectivity index (χ4v) is 6.62. The lowest BCUT2D eigenvalue weighted by molar-refractivity contribution is -0.148. The van der Waals surface area contributed by atoms with Crippen LogP contribution in [0.2, 0.25) is 0 Å². The number of carbonyl (C=O) groups is 2. The highest BCUT2D eigenvalue weighted by Gasteiger charge is 2.40. The van der Waals surface area contributed by atoms with Crippen LogP contribution in [0, 0.1) is 17.8 Å². The number of fused-ring (bicyclic) bond motifs is 2. The number of esters is 1. The van der Waals surface area contributed by atoms with E-state index in [0.29, 0.717) is 37.0 Å². The van der Waals surface area contributed by atoms with Crippen molar-refractivity contribution in [1.29, 1.82) is 0 Å². The van der Waals surface area contributed by atoms with E-state index in [1.807, 2.05) is 0 Å². The highest BCUT2D eigenvalue weighted by Crippen LogP contribution is 2.49. The molecule has 7 nitrogen and oxygen atoms in total. The minimum absolute atomic E-state index is 0.158. The number of benzene rings is 1. The first-order valence-corrected chi connectivity index (χ1v) is 11.9. The zero-order valence-electron chi connectivity index (χ0n) is 16.5. The number of amides is 1. The van der Waals surface area contributed by atoms with Crippen molar-refractivity contribution in [3.63, 3.8) is 0 Å². The minimum atomic E-state index is -3.54. The van der Waals surface area contributed by atoms with Crippen LogP contribution in [0.15, 0.2) is 29.2 Å². The van der Waals surface area contributed by atoms with Crippen molar-refractivity contribution in [2.75, 3.05) is 25.0 Å². The monoisotopic (exact) mass is 420 g/mol. The van der Waals surface area contributed by atoms with E-state index in [1.54, 1.807) is 12.1 Å². The molecule has 0 aromatic heterocycles. The predicted octanol–water partition coefficient (Wildman–Crippen LogP) is 2.78. The van der Waals surface area contributed by atoms with Gasteiger partial charge in [-0.1, -0.05) is 12.5 Å². The van der Waals surface area contributed by atoms with Crippen molar-refractivity contribution in [3.8, 4) is 0 Å². The second-order valence-electron chi connectivity index (χ2n) is 8.49. The smallest absolute Gasteiger partial charge is 0.306 e. The topological polar surface area (TPSA) is 92.8 Å². The maximum Gasteiger partial charge on any atom is 0.306 e. The maximum absolute atomic E-state index is 12.7. The zero-order valence-corrected chi connectivity index (χ0v) is 17.3. The molecule has 2 bridgehead atoms. The van der Waals surface area contributed by atoms with Gasteiger partial charge < -0.3 is 10.1 Å². The van der Waals surface area contributed by atoms with Gasteiger partial charge in [0.25, 0.3) is 5.91 Å². The molecule has 3 aliphatic rings. The van der Waals surface area contributed by atoms with Crippen LogP contribution in [-0.4, -0.2) is 44.3 Å². The van der Waals surface area contributed by atoms with E-state index < -0.39 is 15.9 Å². The zero-order chi connectivity index (χ0) is 20.4. The highest BCUT2D eigenvalue weighted by molar-refractivity contribution is 7.89. The lowest BCUT2D eigenvalue weighted by atomic mass is 9.86. The molecule has 2 aliphatic carbocycles. The van der Waals surface area contributed by atoms with Crippen molar-refractivity contribution in [2.45, 2.75) is 49.8 Å². The Bertz CT molecular complexity index is 879. The third-order valence-electron chi connectivity index (χ3n) is 6.50. The number of hydrogen-bond acceptors (Lipinski definition) is 5. The van der Waals surface area contributed by atoms with Gasteiger partial charge in [-0.15, -0.1) is 0 Å². The Morgan fingerprint density at radius 1 is 1.14 bits per heavy atom. The van der Waals surface area contributed by atoms with E-state index in [-0.39, 0.29) is 17.5 Å². The SMILES string of the molecule is O=C(COC(=O)C[C@H]1C[C@H]2CC[C@@H]1C2)Nc1cccc(S(=O)(=O)N2CCCC2)c1. The molecule has 1 N–H and O–H groups in total. The van der Waals surface area contributed by atoms with Crippen molar-refractivity contribution in [1.82, 2.24) is 4.31 Å². The Kier molecular flexibility index (Phi) is 5.92. The molecule has 4 rings (SSSR count). The number of nitrogens with one attached hydrogen (secondary N) is 1. The molecule has 1 aromatic rings. The summed E-state index contributed by atoms with van der Waals surface area (Å²) in [6.07, 6.45) is 6.94. The van der Waals surface area contributed by atoms with Crippen LogP contribution < -0.4 is 5.32 Å². The van der Waals surface area contributed by atoms with Gasteiger partial charge >= 0.3 is 5.97 Å². The molecule has 3 fully saturated rings. The number of hydrogen-bond donors (Lipinski definition) is 1. The fourth-order valence-electron chi connectivity index (χ4n) is 5.05. The average molecular weight is 421 g/mol. The first-order valence-electron chi connectivity index (χ1n) is 10.5. The molecule has 1 amide bonds. The maximum atomic E-state index is 12.7. The van der Waals surface area contributed by atoms with Gasteiger partial charge in [-0.25, -0.2) is 8.42 Å². The third kappa shape index (κ3) is 4.64. The molecule has 3 atom stereocenters. The summed E-state index contributed by atoms with van der Waals surface area (Å²) in [6.45, 7) is 0.692. The molecule has 8 heteroatoms. The molecule has 0 unspecified atom stereocenters. The number of nitrogens with zero attached hydrogens (tertiary/aromatic N) is 1. The van der Waals surface area contributed by atoms with E-state index in [0.717, 1.165) is 25.2 Å². The van der Waals surface area contributed by atoms with Crippen LogP contribution in [0.3, 0.4) is 0 Å². The van der Waals surface area contributed by atoms with Crippen LogP contribution in [0.5, 0.6) is 0 Å². The summed E-state index contributed by atoms with van der Waals surface area (Å²) in [5.41, 5.74) is 0.374. The van der Waals surface area contributed by atoms with Crippen molar-refractivity contribution in [2.24, 2.45) is 17.8 Å². The normalized spacial score (nSPS) is 26.6. The molecule has 1 heterocycles. The molecule has 29 heavy (non-hydrogen) atoms. The van der Waals surface area contributed by atoms with Crippen molar-refractivity contribution >= 4 is 27.6 Å². The third-order valence-corrected chi connectivity index (χ3v) is 8.39. The summed E-state index contributed by atoms with van der Waals surface area (Å²) in [5, 5.41) is 2.62. The largest absolute Gasteiger partial charge is 0.456 e. The van der Waals surface area contributed by atoms with E-state index in [4.69, 9.17) is 4.74 Å². The van der Waals surface area contributed by atoms with Gasteiger partial charge in [-0.05, 0) is 68.1 Å². The lowest BCUT2D eigenvalue weighted by Crippen LogP contribution is -2.28. The van der Waals surface area contributed by atoms with Gasteiger partial charge in [-0.2, -0.15) is 4.31 Å². The molecule has 1 aliphatic heterocycles. The van der Waals surface area contributed by atoms with Crippen LogP contribution in [-0.2, 0) is 24.3 Å². The molecular formula is C21H28N2O5S. The predicted molar refractivity (Wildman–Crippen MR) is 108 cm³/mol. The Labute approximate surface area is 171 Å². The van der Waals surface area contributed by atoms with E-state index >= 15 is 0 Å². The Hall–Kier alpha value is -1.93. The molecule has 158 valence electrons. The first-order chi connectivity index (χ1) is 13.9. The number of carbonyl (C=O) groups excluding carboxylic acids is 2. The van der Waals surface area contributed by atoms with E-state index in [2.05, 4.69) is 5.32 Å². The molecular weight excluding hydrogens is 392 g/mol. The quantitative estimate of drug-likeness (QED) is 0.685. The number of ether oxygens (including phenoxy) is 1. The van der Waals surface area contributed by atoms with Gasteiger partial charge in [0.15, 0.2) is 6.61 Å². The summed E-state index contributed by atoms with van der Waals surface area (Å²) in [6, 6.07) is 6.19. The summed E-state index contributed by atoms with van der Waals surface area (Å²) in [7, 11) is -3.54. The second kappa shape index (κ2) is 8.44. The highest BCUT2D eigenvalue weighted by atomic mass is 32.2. The summed E-state index contributed by atoms with van der Waals surface area (Å²) in [4.78, 5) is 24.4. The number of sulfonamides is 1. The molecule has 1 aromatic carbocycles. The molecule has 1 saturated heterocycles. The number of rotatable bonds is 7. The number of anilines is 1.